The van der Waals surface area contributed by atoms with Crippen LogP contribution < -0.4 is 0 Å². The Hall–Kier alpha value is -1.48. The number of pyridine rings is 1. The van der Waals surface area contributed by atoms with Gasteiger partial charge in [0, 0.05) is 24.0 Å². The zero-order valence-electron chi connectivity index (χ0n) is 7.61. The van der Waals surface area contributed by atoms with Crippen molar-refractivity contribution in [1.29, 1.82) is 0 Å². The van der Waals surface area contributed by atoms with Crippen LogP contribution in [-0.4, -0.2) is 15.0 Å². The summed E-state index contributed by atoms with van der Waals surface area (Å²) in [5.41, 5.74) is 1.82. The predicted octanol–water partition coefficient (Wildman–Crippen LogP) is 2.50. The lowest BCUT2D eigenvalue weighted by Crippen LogP contribution is -1.91. The van der Waals surface area contributed by atoms with Crippen LogP contribution in [0, 0.1) is 6.92 Å². The Balaban J connectivity index is 2.52. The van der Waals surface area contributed by atoms with Gasteiger partial charge in [-0.05, 0) is 19.1 Å². The highest BCUT2D eigenvalue weighted by Crippen LogP contribution is 2.18. The van der Waals surface area contributed by atoms with Crippen molar-refractivity contribution < 1.29 is 0 Å². The molecule has 0 fully saturated rings. The summed E-state index contributed by atoms with van der Waals surface area (Å²) in [5, 5.41) is 0.462. The summed E-state index contributed by atoms with van der Waals surface area (Å²) in [5.74, 6) is 0.671. The lowest BCUT2D eigenvalue weighted by Gasteiger charge is -2.01. The fourth-order valence-corrected chi connectivity index (χ4v) is 1.43. The van der Waals surface area contributed by atoms with Crippen LogP contribution in [0.2, 0.25) is 5.15 Å². The van der Waals surface area contributed by atoms with Gasteiger partial charge in [0.05, 0.1) is 5.69 Å². The molecule has 0 aliphatic rings. The Morgan fingerprint density at radius 3 is 2.50 bits per heavy atom. The first kappa shape index (κ1) is 9.09. The topological polar surface area (TPSA) is 38.7 Å². The molecule has 14 heavy (non-hydrogen) atoms. The van der Waals surface area contributed by atoms with Crippen molar-refractivity contribution in [3.8, 4) is 11.3 Å². The summed E-state index contributed by atoms with van der Waals surface area (Å²) >= 11 is 5.83. The van der Waals surface area contributed by atoms with Gasteiger partial charge < -0.3 is 0 Å². The van der Waals surface area contributed by atoms with E-state index in [4.69, 9.17) is 11.6 Å². The number of hydrogen-bond donors (Lipinski definition) is 0. The highest BCUT2D eigenvalue weighted by molar-refractivity contribution is 6.29. The van der Waals surface area contributed by atoms with Gasteiger partial charge in [-0.2, -0.15) is 0 Å². The fraction of sp³-hybridized carbons (Fsp3) is 0.100. The summed E-state index contributed by atoms with van der Waals surface area (Å²) in [4.78, 5) is 12.2. The molecule has 70 valence electrons. The Morgan fingerprint density at radius 1 is 1.14 bits per heavy atom. The Bertz CT molecular complexity index is 422. The zero-order chi connectivity index (χ0) is 9.97. The van der Waals surface area contributed by atoms with Crippen molar-refractivity contribution in [3.05, 3.63) is 41.6 Å². The van der Waals surface area contributed by atoms with Crippen LogP contribution in [0.3, 0.4) is 0 Å². The lowest BCUT2D eigenvalue weighted by atomic mass is 10.2. The van der Waals surface area contributed by atoms with E-state index in [0.29, 0.717) is 11.0 Å². The maximum absolute atomic E-state index is 5.83. The molecule has 0 spiro atoms. The highest BCUT2D eigenvalue weighted by Gasteiger charge is 2.01. The molecule has 3 nitrogen and oxygen atoms in total. The second kappa shape index (κ2) is 3.72. The minimum absolute atomic E-state index is 0.462. The smallest absolute Gasteiger partial charge is 0.133 e. The molecule has 0 bridgehead atoms. The van der Waals surface area contributed by atoms with Crippen molar-refractivity contribution >= 4 is 11.6 Å². The van der Waals surface area contributed by atoms with Gasteiger partial charge >= 0.3 is 0 Å². The standard InChI is InChI=1S/C10H8ClN3/c1-7-13-9(6-10(11)14-7)8-2-4-12-5-3-8/h2-6H,1H3. The van der Waals surface area contributed by atoms with Gasteiger partial charge in [0.15, 0.2) is 0 Å². The second-order valence-electron chi connectivity index (χ2n) is 2.86. The summed E-state index contributed by atoms with van der Waals surface area (Å²) in [6.07, 6.45) is 3.45. The van der Waals surface area contributed by atoms with Crippen LogP contribution in [0.25, 0.3) is 11.3 Å². The molecule has 0 aromatic carbocycles. The largest absolute Gasteiger partial charge is 0.265 e. The molecule has 0 amide bonds. The molecule has 0 saturated heterocycles. The second-order valence-corrected chi connectivity index (χ2v) is 3.25. The third-order valence-corrected chi connectivity index (χ3v) is 1.98. The van der Waals surface area contributed by atoms with Crippen molar-refractivity contribution in [3.63, 3.8) is 0 Å². The summed E-state index contributed by atoms with van der Waals surface area (Å²) in [7, 11) is 0. The predicted molar refractivity (Wildman–Crippen MR) is 55.0 cm³/mol. The van der Waals surface area contributed by atoms with Crippen molar-refractivity contribution in [1.82, 2.24) is 15.0 Å². The van der Waals surface area contributed by atoms with E-state index in [0.717, 1.165) is 11.3 Å². The van der Waals surface area contributed by atoms with E-state index in [-0.39, 0.29) is 0 Å². The molecule has 0 unspecified atom stereocenters. The lowest BCUT2D eigenvalue weighted by molar-refractivity contribution is 1.06. The van der Waals surface area contributed by atoms with Crippen LogP contribution in [0.1, 0.15) is 5.82 Å². The minimum Gasteiger partial charge on any atom is -0.265 e. The number of aryl methyl sites for hydroxylation is 1. The van der Waals surface area contributed by atoms with Crippen LogP contribution in [0.15, 0.2) is 30.6 Å². The Kier molecular flexibility index (Phi) is 2.41. The monoisotopic (exact) mass is 205 g/mol. The molecule has 2 aromatic heterocycles. The van der Waals surface area contributed by atoms with Crippen LogP contribution in [0.4, 0.5) is 0 Å². The normalized spacial score (nSPS) is 10.1. The summed E-state index contributed by atoms with van der Waals surface area (Å²) in [6, 6.07) is 5.51. The van der Waals surface area contributed by atoms with Crippen molar-refractivity contribution in [2.24, 2.45) is 0 Å². The Labute approximate surface area is 86.8 Å². The number of aromatic nitrogens is 3. The van der Waals surface area contributed by atoms with Gasteiger partial charge in [0.1, 0.15) is 11.0 Å². The molecule has 0 atom stereocenters. The minimum atomic E-state index is 0.462. The molecule has 0 saturated carbocycles. The van der Waals surface area contributed by atoms with Crippen LogP contribution in [0.5, 0.6) is 0 Å². The quantitative estimate of drug-likeness (QED) is 0.672. The maximum atomic E-state index is 5.83. The fourth-order valence-electron chi connectivity index (χ4n) is 1.20. The van der Waals surface area contributed by atoms with Gasteiger partial charge in [-0.25, -0.2) is 9.97 Å². The summed E-state index contributed by atoms with van der Waals surface area (Å²) in [6.45, 7) is 1.82. The molecule has 2 heterocycles. The molecule has 0 aliphatic heterocycles. The van der Waals surface area contributed by atoms with E-state index in [2.05, 4.69) is 15.0 Å². The zero-order valence-corrected chi connectivity index (χ0v) is 8.36. The molecule has 0 radical (unpaired) electrons. The first-order chi connectivity index (χ1) is 6.75. The molecule has 2 aromatic rings. The van der Waals surface area contributed by atoms with Crippen LogP contribution in [-0.2, 0) is 0 Å². The Morgan fingerprint density at radius 2 is 1.86 bits per heavy atom. The average molecular weight is 206 g/mol. The van der Waals surface area contributed by atoms with E-state index in [1.807, 2.05) is 19.1 Å². The van der Waals surface area contributed by atoms with E-state index in [9.17, 15) is 0 Å². The molecule has 0 aliphatic carbocycles. The van der Waals surface area contributed by atoms with Gasteiger partial charge in [0.25, 0.3) is 0 Å². The average Bonchev–Trinajstić information content (AvgIpc) is 2.18. The molecule has 4 heteroatoms. The van der Waals surface area contributed by atoms with Gasteiger partial charge in [-0.15, -0.1) is 0 Å². The number of rotatable bonds is 1. The van der Waals surface area contributed by atoms with E-state index < -0.39 is 0 Å². The van der Waals surface area contributed by atoms with Gasteiger partial charge in [-0.1, -0.05) is 11.6 Å². The van der Waals surface area contributed by atoms with Gasteiger partial charge in [0.2, 0.25) is 0 Å². The molecule has 0 N–H and O–H groups in total. The first-order valence-electron chi connectivity index (χ1n) is 4.17. The van der Waals surface area contributed by atoms with Crippen molar-refractivity contribution in [2.45, 2.75) is 6.92 Å². The van der Waals surface area contributed by atoms with Gasteiger partial charge in [-0.3, -0.25) is 4.98 Å². The maximum Gasteiger partial charge on any atom is 0.133 e. The SMILES string of the molecule is Cc1nc(Cl)cc(-c2ccncc2)n1. The molecular weight excluding hydrogens is 198 g/mol. The summed E-state index contributed by atoms with van der Waals surface area (Å²) < 4.78 is 0. The molecular formula is C10H8ClN3. The number of nitrogens with zero attached hydrogens (tertiary/aromatic N) is 3. The third-order valence-electron chi connectivity index (χ3n) is 1.78. The van der Waals surface area contributed by atoms with E-state index in [1.165, 1.54) is 0 Å². The first-order valence-corrected chi connectivity index (χ1v) is 4.55. The van der Waals surface area contributed by atoms with E-state index in [1.54, 1.807) is 18.5 Å². The number of halogens is 1. The third kappa shape index (κ3) is 1.88. The number of hydrogen-bond acceptors (Lipinski definition) is 3. The highest BCUT2D eigenvalue weighted by atomic mass is 35.5. The van der Waals surface area contributed by atoms with Crippen LogP contribution >= 0.6 is 11.6 Å². The van der Waals surface area contributed by atoms with Crippen molar-refractivity contribution in [2.75, 3.05) is 0 Å². The van der Waals surface area contributed by atoms with E-state index >= 15 is 0 Å². The molecule has 2 rings (SSSR count).